The Morgan fingerprint density at radius 1 is 1.56 bits per heavy atom. The molecule has 6 heteroatoms. The Morgan fingerprint density at radius 2 is 2.33 bits per heavy atom. The molecule has 0 aromatic carbocycles. The van der Waals surface area contributed by atoms with Gasteiger partial charge in [0.05, 0.1) is 13.7 Å². The normalized spacial score (nSPS) is 11.9. The molecule has 0 saturated heterocycles. The van der Waals surface area contributed by atoms with E-state index in [4.69, 9.17) is 0 Å². The van der Waals surface area contributed by atoms with E-state index in [-0.39, 0.29) is 12.5 Å². The van der Waals surface area contributed by atoms with E-state index in [2.05, 4.69) is 10.1 Å². The summed E-state index contributed by atoms with van der Waals surface area (Å²) < 4.78 is 4.34. The molecule has 0 aliphatic rings. The van der Waals surface area contributed by atoms with Gasteiger partial charge in [-0.3, -0.25) is 4.79 Å². The van der Waals surface area contributed by atoms with Gasteiger partial charge in [0.2, 0.25) is 5.91 Å². The van der Waals surface area contributed by atoms with Crippen LogP contribution in [0.1, 0.15) is 17.7 Å². The van der Waals surface area contributed by atoms with Crippen molar-refractivity contribution >= 4 is 23.2 Å². The van der Waals surface area contributed by atoms with Crippen LogP contribution in [-0.2, 0) is 20.7 Å². The largest absolute Gasteiger partial charge is 0.467 e. The molecule has 1 rings (SSSR count). The zero-order chi connectivity index (χ0) is 13.4. The maximum atomic E-state index is 11.4. The average molecular weight is 271 g/mol. The van der Waals surface area contributed by atoms with Crippen molar-refractivity contribution in [3.8, 4) is 0 Å². The summed E-state index contributed by atoms with van der Waals surface area (Å²) in [7, 11) is 1.19. The third kappa shape index (κ3) is 5.29. The van der Waals surface area contributed by atoms with E-state index in [0.717, 1.165) is 12.8 Å². The molecule has 1 aromatic rings. The molecule has 0 fully saturated rings. The summed E-state index contributed by atoms with van der Waals surface area (Å²) in [4.78, 5) is 23.5. The summed E-state index contributed by atoms with van der Waals surface area (Å²) in [6.07, 6.45) is 0.702. The maximum absolute atomic E-state index is 11.4. The van der Waals surface area contributed by atoms with Gasteiger partial charge in [-0.15, -0.1) is 11.3 Å². The molecule has 18 heavy (non-hydrogen) atoms. The van der Waals surface area contributed by atoms with Gasteiger partial charge in [-0.1, -0.05) is 6.07 Å². The number of methoxy groups -OCH3 is 1. The van der Waals surface area contributed by atoms with E-state index in [1.165, 1.54) is 12.0 Å². The molecular formula is C12H17NO4S. The molecule has 0 spiro atoms. The number of aliphatic hydroxyl groups excluding tert-OH is 1. The monoisotopic (exact) mass is 271 g/mol. The van der Waals surface area contributed by atoms with Gasteiger partial charge in [0.15, 0.2) is 6.10 Å². The maximum Gasteiger partial charge on any atom is 0.336 e. The van der Waals surface area contributed by atoms with Crippen LogP contribution in [0.5, 0.6) is 0 Å². The first-order valence-corrected chi connectivity index (χ1v) is 6.56. The summed E-state index contributed by atoms with van der Waals surface area (Å²) >= 11 is 1.67. The first-order valence-electron chi connectivity index (χ1n) is 5.68. The van der Waals surface area contributed by atoms with Crippen LogP contribution in [0.15, 0.2) is 17.5 Å². The molecule has 5 nitrogen and oxygen atoms in total. The lowest BCUT2D eigenvalue weighted by molar-refractivity contribution is -0.150. The Bertz CT molecular complexity index is 377. The molecule has 1 atom stereocenters. The van der Waals surface area contributed by atoms with E-state index in [1.54, 1.807) is 11.3 Å². The van der Waals surface area contributed by atoms with Crippen molar-refractivity contribution in [1.29, 1.82) is 0 Å². The highest BCUT2D eigenvalue weighted by Gasteiger charge is 2.15. The molecule has 100 valence electrons. The highest BCUT2D eigenvalue weighted by molar-refractivity contribution is 7.09. The molecule has 1 aromatic heterocycles. The molecule has 0 bridgehead atoms. The Kier molecular flexibility index (Phi) is 6.38. The lowest BCUT2D eigenvalue weighted by Gasteiger charge is -2.09. The summed E-state index contributed by atoms with van der Waals surface area (Å²) in [6.45, 7) is -0.107. The Morgan fingerprint density at radius 3 is 2.94 bits per heavy atom. The first kappa shape index (κ1) is 14.7. The molecule has 1 unspecified atom stereocenters. The third-order valence-corrected chi connectivity index (χ3v) is 3.31. The number of carbonyl (C=O) groups excluding carboxylic acids is 2. The summed E-state index contributed by atoms with van der Waals surface area (Å²) in [5, 5.41) is 13.7. The predicted molar refractivity (Wildman–Crippen MR) is 68.3 cm³/mol. The SMILES string of the molecule is COC(=O)C(O)CNC(=O)CCCc1cccs1. The zero-order valence-corrected chi connectivity index (χ0v) is 11.0. The lowest BCUT2D eigenvalue weighted by Crippen LogP contribution is -2.37. The lowest BCUT2D eigenvalue weighted by atomic mass is 10.2. The van der Waals surface area contributed by atoms with Crippen molar-refractivity contribution in [1.82, 2.24) is 5.32 Å². The minimum atomic E-state index is -1.30. The van der Waals surface area contributed by atoms with E-state index in [1.807, 2.05) is 17.5 Å². The number of esters is 1. The van der Waals surface area contributed by atoms with Gasteiger partial charge in [0.1, 0.15) is 0 Å². The standard InChI is InChI=1S/C12H17NO4S/c1-17-12(16)10(14)8-13-11(15)6-2-4-9-5-3-7-18-9/h3,5,7,10,14H,2,4,6,8H2,1H3,(H,13,15). The summed E-state index contributed by atoms with van der Waals surface area (Å²) in [5.74, 6) is -0.914. The van der Waals surface area contributed by atoms with Crippen molar-refractivity contribution in [2.75, 3.05) is 13.7 Å². The van der Waals surface area contributed by atoms with E-state index >= 15 is 0 Å². The molecule has 1 heterocycles. The van der Waals surface area contributed by atoms with Crippen LogP contribution in [-0.4, -0.2) is 36.7 Å². The van der Waals surface area contributed by atoms with Crippen LogP contribution >= 0.6 is 11.3 Å². The van der Waals surface area contributed by atoms with E-state index in [9.17, 15) is 14.7 Å². The van der Waals surface area contributed by atoms with E-state index in [0.29, 0.717) is 6.42 Å². The van der Waals surface area contributed by atoms with Crippen molar-refractivity contribution in [3.05, 3.63) is 22.4 Å². The highest BCUT2D eigenvalue weighted by Crippen LogP contribution is 2.11. The minimum Gasteiger partial charge on any atom is -0.467 e. The second-order valence-corrected chi connectivity index (χ2v) is 4.81. The second-order valence-electron chi connectivity index (χ2n) is 3.78. The van der Waals surface area contributed by atoms with Gasteiger partial charge < -0.3 is 15.2 Å². The summed E-state index contributed by atoms with van der Waals surface area (Å²) in [6, 6.07) is 4.01. The average Bonchev–Trinajstić information content (AvgIpc) is 2.88. The molecule has 0 aliphatic heterocycles. The molecule has 2 N–H and O–H groups in total. The van der Waals surface area contributed by atoms with Gasteiger partial charge in [0, 0.05) is 11.3 Å². The Balaban J connectivity index is 2.12. The van der Waals surface area contributed by atoms with Crippen molar-refractivity contribution in [2.24, 2.45) is 0 Å². The first-order chi connectivity index (χ1) is 8.63. The number of thiophene rings is 1. The minimum absolute atomic E-state index is 0.107. The number of ether oxygens (including phenoxy) is 1. The molecule has 0 radical (unpaired) electrons. The van der Waals surface area contributed by atoms with Gasteiger partial charge in [-0.2, -0.15) is 0 Å². The topological polar surface area (TPSA) is 75.6 Å². The fourth-order valence-electron chi connectivity index (χ4n) is 1.40. The van der Waals surface area contributed by atoms with Gasteiger partial charge in [0.25, 0.3) is 0 Å². The van der Waals surface area contributed by atoms with Crippen molar-refractivity contribution < 1.29 is 19.4 Å². The molecule has 0 saturated carbocycles. The Hall–Kier alpha value is -1.40. The number of hydrogen-bond acceptors (Lipinski definition) is 5. The fourth-order valence-corrected chi connectivity index (χ4v) is 2.15. The van der Waals surface area contributed by atoms with Crippen LogP contribution in [0.2, 0.25) is 0 Å². The number of amides is 1. The van der Waals surface area contributed by atoms with E-state index < -0.39 is 12.1 Å². The number of rotatable bonds is 7. The number of aryl methyl sites for hydroxylation is 1. The van der Waals surface area contributed by atoms with Crippen LogP contribution in [0.25, 0.3) is 0 Å². The van der Waals surface area contributed by atoms with Crippen LogP contribution in [0, 0.1) is 0 Å². The third-order valence-electron chi connectivity index (χ3n) is 2.37. The Labute approximate surface area is 110 Å². The smallest absolute Gasteiger partial charge is 0.336 e. The highest BCUT2D eigenvalue weighted by atomic mass is 32.1. The number of carbonyl (C=O) groups is 2. The molecule has 1 amide bonds. The van der Waals surface area contributed by atoms with Gasteiger partial charge in [-0.05, 0) is 24.3 Å². The zero-order valence-electron chi connectivity index (χ0n) is 10.2. The number of hydrogen-bond donors (Lipinski definition) is 2. The van der Waals surface area contributed by atoms with Crippen LogP contribution in [0.3, 0.4) is 0 Å². The number of nitrogens with one attached hydrogen (secondary N) is 1. The second kappa shape index (κ2) is 7.84. The molecule has 0 aliphatic carbocycles. The van der Waals surface area contributed by atoms with Crippen molar-refractivity contribution in [3.63, 3.8) is 0 Å². The quantitative estimate of drug-likeness (QED) is 0.717. The van der Waals surface area contributed by atoms with Crippen LogP contribution in [0.4, 0.5) is 0 Å². The van der Waals surface area contributed by atoms with Gasteiger partial charge in [-0.25, -0.2) is 4.79 Å². The summed E-state index contributed by atoms with van der Waals surface area (Å²) in [5.41, 5.74) is 0. The fraction of sp³-hybridized carbons (Fsp3) is 0.500. The predicted octanol–water partition coefficient (Wildman–Crippen LogP) is 0.721. The van der Waals surface area contributed by atoms with Gasteiger partial charge >= 0.3 is 5.97 Å². The number of aliphatic hydroxyl groups is 1. The molecular weight excluding hydrogens is 254 g/mol. The van der Waals surface area contributed by atoms with Crippen molar-refractivity contribution in [2.45, 2.75) is 25.4 Å². The van der Waals surface area contributed by atoms with Crippen LogP contribution < -0.4 is 5.32 Å².